The van der Waals surface area contributed by atoms with E-state index in [2.05, 4.69) is 48.3 Å². The summed E-state index contributed by atoms with van der Waals surface area (Å²) in [6, 6.07) is 9.44. The van der Waals surface area contributed by atoms with Crippen LogP contribution in [0.5, 0.6) is 0 Å². The Hall–Kier alpha value is -1.02. The van der Waals surface area contributed by atoms with Crippen LogP contribution in [0.15, 0.2) is 24.3 Å². The maximum Gasteiger partial charge on any atom is 0.0374 e. The zero-order valence-corrected chi connectivity index (χ0v) is 11.8. The van der Waals surface area contributed by atoms with Gasteiger partial charge in [-0.05, 0) is 37.4 Å². The second-order valence-electron chi connectivity index (χ2n) is 5.26. The summed E-state index contributed by atoms with van der Waals surface area (Å²) in [6.45, 7) is 8.17. The first-order chi connectivity index (χ1) is 8.83. The van der Waals surface area contributed by atoms with E-state index < -0.39 is 0 Å². The molecule has 0 unspecified atom stereocenters. The maximum absolute atomic E-state index is 3.75. The van der Waals surface area contributed by atoms with E-state index in [1.807, 2.05) is 0 Å². The molecule has 2 heteroatoms. The van der Waals surface area contributed by atoms with Crippen molar-refractivity contribution in [2.45, 2.75) is 45.6 Å². The third kappa shape index (κ3) is 3.49. The van der Waals surface area contributed by atoms with Gasteiger partial charge >= 0.3 is 0 Å². The molecule has 0 spiro atoms. The summed E-state index contributed by atoms with van der Waals surface area (Å²) in [5, 5.41) is 3.75. The highest BCUT2D eigenvalue weighted by atomic mass is 15.1. The fraction of sp³-hybridized carbons (Fsp3) is 0.625. The molecule has 1 heterocycles. The van der Waals surface area contributed by atoms with Crippen LogP contribution in [0.2, 0.25) is 0 Å². The molecule has 2 nitrogen and oxygen atoms in total. The second kappa shape index (κ2) is 6.79. The Balaban J connectivity index is 1.93. The van der Waals surface area contributed by atoms with Crippen molar-refractivity contribution >= 4 is 5.69 Å². The Morgan fingerprint density at radius 2 is 1.89 bits per heavy atom. The molecule has 1 N–H and O–H groups in total. The van der Waals surface area contributed by atoms with Gasteiger partial charge in [-0.15, -0.1) is 0 Å². The minimum Gasteiger partial charge on any atom is -0.382 e. The van der Waals surface area contributed by atoms with Crippen LogP contribution in [0, 0.1) is 0 Å². The molecule has 1 saturated heterocycles. The van der Waals surface area contributed by atoms with Gasteiger partial charge in [0.15, 0.2) is 0 Å². The fourth-order valence-electron chi connectivity index (χ4n) is 2.76. The van der Waals surface area contributed by atoms with Gasteiger partial charge in [0.2, 0.25) is 0 Å². The van der Waals surface area contributed by atoms with Gasteiger partial charge < -0.3 is 10.2 Å². The number of anilines is 1. The minimum absolute atomic E-state index is 0.658. The van der Waals surface area contributed by atoms with E-state index in [0.717, 1.165) is 0 Å². The van der Waals surface area contributed by atoms with Crippen molar-refractivity contribution in [3.05, 3.63) is 29.8 Å². The van der Waals surface area contributed by atoms with E-state index in [1.54, 1.807) is 0 Å². The Bertz CT molecular complexity index is 354. The third-order valence-electron chi connectivity index (χ3n) is 3.93. The molecule has 0 radical (unpaired) electrons. The predicted molar refractivity (Wildman–Crippen MR) is 79.2 cm³/mol. The van der Waals surface area contributed by atoms with Crippen molar-refractivity contribution in [2.75, 3.05) is 25.0 Å². The first-order valence-electron chi connectivity index (χ1n) is 7.40. The van der Waals surface area contributed by atoms with Crippen LogP contribution >= 0.6 is 0 Å². The smallest absolute Gasteiger partial charge is 0.0374 e. The molecule has 1 fully saturated rings. The van der Waals surface area contributed by atoms with Crippen molar-refractivity contribution in [3.63, 3.8) is 0 Å². The van der Waals surface area contributed by atoms with Gasteiger partial charge in [-0.1, -0.05) is 38.5 Å². The number of aryl methyl sites for hydroxylation is 1. The average molecular weight is 246 g/mol. The second-order valence-corrected chi connectivity index (χ2v) is 5.26. The zero-order valence-electron chi connectivity index (χ0n) is 11.8. The van der Waals surface area contributed by atoms with E-state index in [0.29, 0.717) is 6.04 Å². The number of hydrogen-bond donors (Lipinski definition) is 1. The Morgan fingerprint density at radius 1 is 1.17 bits per heavy atom. The molecule has 1 aliphatic rings. The van der Waals surface area contributed by atoms with E-state index in [1.165, 1.54) is 56.6 Å². The lowest BCUT2D eigenvalue weighted by Crippen LogP contribution is -2.39. The summed E-state index contributed by atoms with van der Waals surface area (Å²) in [4.78, 5) is 2.54. The van der Waals surface area contributed by atoms with Gasteiger partial charge in [-0.2, -0.15) is 0 Å². The van der Waals surface area contributed by atoms with Crippen LogP contribution in [0.1, 0.15) is 38.7 Å². The van der Waals surface area contributed by atoms with Gasteiger partial charge in [0.1, 0.15) is 0 Å². The Morgan fingerprint density at radius 3 is 2.56 bits per heavy atom. The molecule has 1 aromatic rings. The van der Waals surface area contributed by atoms with Gasteiger partial charge in [-0.25, -0.2) is 0 Å². The van der Waals surface area contributed by atoms with Crippen molar-refractivity contribution < 1.29 is 0 Å². The largest absolute Gasteiger partial charge is 0.382 e. The molecule has 2 rings (SSSR count). The summed E-state index contributed by atoms with van der Waals surface area (Å²) in [5.41, 5.74) is 2.83. The summed E-state index contributed by atoms with van der Waals surface area (Å²) in [5.74, 6) is 0. The average Bonchev–Trinajstić information content (AvgIpc) is 2.42. The van der Waals surface area contributed by atoms with Gasteiger partial charge in [0, 0.05) is 24.8 Å². The molecule has 0 aliphatic carbocycles. The number of rotatable bonds is 5. The van der Waals surface area contributed by atoms with E-state index >= 15 is 0 Å². The molecule has 0 amide bonds. The third-order valence-corrected chi connectivity index (χ3v) is 3.93. The Labute approximate surface area is 111 Å². The normalized spacial score (nSPS) is 17.9. The molecule has 1 aromatic carbocycles. The zero-order chi connectivity index (χ0) is 12.8. The highest BCUT2D eigenvalue weighted by Crippen LogP contribution is 2.21. The Kier molecular flexibility index (Phi) is 5.06. The van der Waals surface area contributed by atoms with Crippen LogP contribution in [0.4, 0.5) is 5.69 Å². The van der Waals surface area contributed by atoms with Crippen molar-refractivity contribution in [3.8, 4) is 0 Å². The first-order valence-corrected chi connectivity index (χ1v) is 7.40. The first kappa shape index (κ1) is 13.4. The van der Waals surface area contributed by atoms with Gasteiger partial charge in [0.25, 0.3) is 0 Å². The lowest BCUT2D eigenvalue weighted by atomic mass is 10.0. The maximum atomic E-state index is 3.75. The van der Waals surface area contributed by atoms with Crippen LogP contribution in [0.25, 0.3) is 0 Å². The molecular weight excluding hydrogens is 220 g/mol. The summed E-state index contributed by atoms with van der Waals surface area (Å²) < 4.78 is 0. The number of nitrogens with zero attached hydrogens (tertiary/aromatic N) is 1. The topological polar surface area (TPSA) is 15.3 Å². The van der Waals surface area contributed by atoms with E-state index in [9.17, 15) is 0 Å². The lowest BCUT2D eigenvalue weighted by Gasteiger charge is -2.32. The van der Waals surface area contributed by atoms with Crippen LogP contribution in [-0.2, 0) is 6.42 Å². The van der Waals surface area contributed by atoms with Crippen LogP contribution < -0.4 is 5.32 Å². The summed E-state index contributed by atoms with van der Waals surface area (Å²) in [6.07, 6.45) is 4.94. The van der Waals surface area contributed by atoms with Crippen molar-refractivity contribution in [2.24, 2.45) is 0 Å². The molecule has 100 valence electrons. The van der Waals surface area contributed by atoms with Gasteiger partial charge in [0.05, 0.1) is 0 Å². The van der Waals surface area contributed by atoms with E-state index in [4.69, 9.17) is 0 Å². The van der Waals surface area contributed by atoms with Crippen LogP contribution in [0.3, 0.4) is 0 Å². The molecule has 0 aromatic heterocycles. The molecular formula is C16H26N2. The number of benzene rings is 1. The SMILES string of the molecule is CCCc1ccccc1NC1CCN(CC)CC1. The summed E-state index contributed by atoms with van der Waals surface area (Å²) in [7, 11) is 0. The number of nitrogens with one attached hydrogen (secondary N) is 1. The number of hydrogen-bond acceptors (Lipinski definition) is 2. The minimum atomic E-state index is 0.658. The molecule has 0 saturated carbocycles. The number of piperidine rings is 1. The van der Waals surface area contributed by atoms with Crippen molar-refractivity contribution in [1.29, 1.82) is 0 Å². The summed E-state index contributed by atoms with van der Waals surface area (Å²) >= 11 is 0. The fourth-order valence-corrected chi connectivity index (χ4v) is 2.76. The molecule has 18 heavy (non-hydrogen) atoms. The van der Waals surface area contributed by atoms with E-state index in [-0.39, 0.29) is 0 Å². The molecule has 0 bridgehead atoms. The molecule has 1 aliphatic heterocycles. The van der Waals surface area contributed by atoms with Gasteiger partial charge in [-0.3, -0.25) is 0 Å². The van der Waals surface area contributed by atoms with Crippen LogP contribution in [-0.4, -0.2) is 30.6 Å². The highest BCUT2D eigenvalue weighted by Gasteiger charge is 2.18. The highest BCUT2D eigenvalue weighted by molar-refractivity contribution is 5.51. The molecule has 0 atom stereocenters. The quantitative estimate of drug-likeness (QED) is 0.855. The number of para-hydroxylation sites is 1. The van der Waals surface area contributed by atoms with Crippen molar-refractivity contribution in [1.82, 2.24) is 4.90 Å². The lowest BCUT2D eigenvalue weighted by molar-refractivity contribution is 0.229. The standard InChI is InChI=1S/C16H26N2/c1-3-7-14-8-5-6-9-16(14)17-15-10-12-18(4-2)13-11-15/h5-6,8-9,15,17H,3-4,7,10-13H2,1-2H3. The number of likely N-dealkylation sites (tertiary alicyclic amines) is 1. The monoisotopic (exact) mass is 246 g/mol. The predicted octanol–water partition coefficient (Wildman–Crippen LogP) is 3.54.